The summed E-state index contributed by atoms with van der Waals surface area (Å²) in [6, 6.07) is 8.46. The van der Waals surface area contributed by atoms with E-state index in [4.69, 9.17) is 0 Å². The van der Waals surface area contributed by atoms with E-state index in [1.807, 2.05) is 0 Å². The summed E-state index contributed by atoms with van der Waals surface area (Å²) in [6.07, 6.45) is 0. The molecule has 0 saturated heterocycles. The van der Waals surface area contributed by atoms with Gasteiger partial charge in [-0.3, -0.25) is 9.80 Å². The van der Waals surface area contributed by atoms with E-state index in [0.717, 1.165) is 22.3 Å². The van der Waals surface area contributed by atoms with Crippen LogP contribution < -0.4 is 0 Å². The van der Waals surface area contributed by atoms with Crippen LogP contribution in [0.15, 0.2) is 24.3 Å². The number of benzene rings is 2. The first-order valence-electron chi connectivity index (χ1n) is 15.5. The first-order valence-corrected chi connectivity index (χ1v) is 15.5. The van der Waals surface area contributed by atoms with E-state index in [1.165, 1.54) is 11.1 Å². The van der Waals surface area contributed by atoms with Crippen LogP contribution in [0.2, 0.25) is 0 Å². The Morgan fingerprint density at radius 2 is 0.786 bits per heavy atom. The van der Waals surface area contributed by atoms with E-state index in [0.29, 0.717) is 50.8 Å². The lowest BCUT2D eigenvalue weighted by atomic mass is 9.79. The molecule has 0 saturated carbocycles. The Hall–Kier alpha value is -2.12. The minimum Gasteiger partial charge on any atom is -0.507 e. The molecule has 0 aliphatic heterocycles. The van der Waals surface area contributed by atoms with Gasteiger partial charge in [-0.15, -0.1) is 0 Å². The molecule has 2 rings (SSSR count). The van der Waals surface area contributed by atoms with Gasteiger partial charge < -0.3 is 20.4 Å². The molecule has 238 valence electrons. The van der Waals surface area contributed by atoms with E-state index >= 15 is 0 Å². The molecule has 2 aromatic rings. The molecule has 42 heavy (non-hydrogen) atoms. The number of nitrogens with zero attached hydrogens (tertiary/aromatic N) is 2. The number of phenols is 2. The van der Waals surface area contributed by atoms with Crippen LogP contribution in [0.1, 0.15) is 116 Å². The number of phenolic OH excluding ortho intramolecular Hbond substituents is 2. The van der Waals surface area contributed by atoms with Crippen LogP contribution in [0.4, 0.5) is 0 Å². The average molecular weight is 585 g/mol. The lowest BCUT2D eigenvalue weighted by Crippen LogP contribution is -2.37. The number of aliphatic hydroxyl groups excluding tert-OH is 2. The van der Waals surface area contributed by atoms with E-state index in [1.54, 1.807) is 0 Å². The summed E-state index contributed by atoms with van der Waals surface area (Å²) in [5, 5.41) is 42.5. The maximum Gasteiger partial charge on any atom is 0.123 e. The number of hydrogen-bond donors (Lipinski definition) is 4. The standard InChI is InChI=1S/C36H60N2O4/c1-33(2,3)27-19-25(31(41)29(21-27)35(7,8)9)23-37(15-17-39)13-14-38(16-18-40)24-26-20-28(34(4,5)6)22-30(32(26)42)36(10,11)12/h19-22,39-42H,13-18,23-24H2,1-12H3. The third-order valence-corrected chi connectivity index (χ3v) is 8.08. The number of hydrogen-bond acceptors (Lipinski definition) is 6. The molecule has 0 amide bonds. The molecule has 0 unspecified atom stereocenters. The van der Waals surface area contributed by atoms with Crippen molar-refractivity contribution in [3.63, 3.8) is 0 Å². The summed E-state index contributed by atoms with van der Waals surface area (Å²) >= 11 is 0. The number of aliphatic hydroxyl groups is 2. The monoisotopic (exact) mass is 584 g/mol. The molecule has 0 aliphatic carbocycles. The van der Waals surface area contributed by atoms with Crippen molar-refractivity contribution < 1.29 is 20.4 Å². The highest BCUT2D eigenvalue weighted by atomic mass is 16.3. The van der Waals surface area contributed by atoms with Gasteiger partial charge in [0, 0.05) is 50.4 Å². The highest BCUT2D eigenvalue weighted by Crippen LogP contribution is 2.39. The van der Waals surface area contributed by atoms with Gasteiger partial charge in [-0.2, -0.15) is 0 Å². The predicted molar refractivity (Wildman–Crippen MR) is 176 cm³/mol. The average Bonchev–Trinajstić information content (AvgIpc) is 2.82. The molecular formula is C36H60N2O4. The first kappa shape index (κ1) is 36.1. The molecular weight excluding hydrogens is 524 g/mol. The fourth-order valence-corrected chi connectivity index (χ4v) is 5.23. The quantitative estimate of drug-likeness (QED) is 0.239. The van der Waals surface area contributed by atoms with Crippen molar-refractivity contribution in [3.8, 4) is 11.5 Å². The summed E-state index contributed by atoms with van der Waals surface area (Å²) in [5.74, 6) is 0.647. The van der Waals surface area contributed by atoms with E-state index in [9.17, 15) is 20.4 Å². The van der Waals surface area contributed by atoms with Crippen molar-refractivity contribution in [1.29, 1.82) is 0 Å². The predicted octanol–water partition coefficient (Wildman–Crippen LogP) is 6.58. The van der Waals surface area contributed by atoms with Crippen molar-refractivity contribution in [2.75, 3.05) is 39.4 Å². The molecule has 0 heterocycles. The molecule has 0 radical (unpaired) electrons. The Labute approximate surface area is 256 Å². The Bertz CT molecular complexity index is 1080. The molecule has 0 atom stereocenters. The maximum absolute atomic E-state index is 11.3. The normalized spacial score (nSPS) is 13.4. The largest absolute Gasteiger partial charge is 0.507 e. The van der Waals surface area contributed by atoms with Crippen molar-refractivity contribution in [3.05, 3.63) is 57.6 Å². The van der Waals surface area contributed by atoms with Gasteiger partial charge in [-0.1, -0.05) is 107 Å². The van der Waals surface area contributed by atoms with Crippen LogP contribution in [-0.4, -0.2) is 69.6 Å². The van der Waals surface area contributed by atoms with Gasteiger partial charge >= 0.3 is 0 Å². The minimum absolute atomic E-state index is 0.00914. The van der Waals surface area contributed by atoms with Crippen LogP contribution in [-0.2, 0) is 34.7 Å². The fourth-order valence-electron chi connectivity index (χ4n) is 5.23. The van der Waals surface area contributed by atoms with Crippen LogP contribution in [0.25, 0.3) is 0 Å². The Morgan fingerprint density at radius 1 is 0.476 bits per heavy atom. The van der Waals surface area contributed by atoms with Crippen molar-refractivity contribution in [2.24, 2.45) is 0 Å². The summed E-state index contributed by atoms with van der Waals surface area (Å²) in [4.78, 5) is 4.31. The summed E-state index contributed by atoms with van der Waals surface area (Å²) in [7, 11) is 0. The molecule has 4 N–H and O–H groups in total. The van der Waals surface area contributed by atoms with Gasteiger partial charge in [0.15, 0.2) is 0 Å². The molecule has 0 aliphatic rings. The Balaban J connectivity index is 2.40. The summed E-state index contributed by atoms with van der Waals surface area (Å²) in [5.41, 5.74) is 5.36. The third-order valence-electron chi connectivity index (χ3n) is 8.08. The van der Waals surface area contributed by atoms with Crippen LogP contribution in [0, 0.1) is 0 Å². The Morgan fingerprint density at radius 3 is 1.02 bits per heavy atom. The molecule has 0 aromatic heterocycles. The number of aromatic hydroxyl groups is 2. The third kappa shape index (κ3) is 9.70. The molecule has 6 heteroatoms. The van der Waals surface area contributed by atoms with E-state index in [-0.39, 0.29) is 34.9 Å². The zero-order valence-electron chi connectivity index (χ0n) is 28.6. The second-order valence-corrected chi connectivity index (χ2v) is 16.1. The zero-order valence-corrected chi connectivity index (χ0v) is 28.6. The van der Waals surface area contributed by atoms with Gasteiger partial charge in [0.2, 0.25) is 0 Å². The maximum atomic E-state index is 11.3. The van der Waals surface area contributed by atoms with Gasteiger partial charge in [-0.05, 0) is 43.9 Å². The van der Waals surface area contributed by atoms with E-state index in [2.05, 4.69) is 117 Å². The van der Waals surface area contributed by atoms with Gasteiger partial charge in [0.25, 0.3) is 0 Å². The molecule has 0 fully saturated rings. The van der Waals surface area contributed by atoms with Gasteiger partial charge in [-0.25, -0.2) is 0 Å². The highest BCUT2D eigenvalue weighted by molar-refractivity contribution is 5.49. The van der Waals surface area contributed by atoms with Crippen LogP contribution in [0.5, 0.6) is 11.5 Å². The Kier molecular flexibility index (Phi) is 11.7. The summed E-state index contributed by atoms with van der Waals surface area (Å²) in [6.45, 7) is 29.0. The molecule has 2 aromatic carbocycles. The zero-order chi connectivity index (χ0) is 32.3. The van der Waals surface area contributed by atoms with Crippen molar-refractivity contribution in [1.82, 2.24) is 9.80 Å². The van der Waals surface area contributed by atoms with Gasteiger partial charge in [0.1, 0.15) is 11.5 Å². The van der Waals surface area contributed by atoms with Crippen molar-refractivity contribution >= 4 is 0 Å². The lowest BCUT2D eigenvalue weighted by Gasteiger charge is -2.31. The second-order valence-electron chi connectivity index (χ2n) is 16.1. The fraction of sp³-hybridized carbons (Fsp3) is 0.667. The highest BCUT2D eigenvalue weighted by Gasteiger charge is 2.27. The second kappa shape index (κ2) is 13.7. The number of rotatable bonds is 11. The molecule has 0 spiro atoms. The lowest BCUT2D eigenvalue weighted by molar-refractivity contribution is 0.142. The smallest absolute Gasteiger partial charge is 0.123 e. The molecule has 0 bridgehead atoms. The van der Waals surface area contributed by atoms with Crippen LogP contribution >= 0.6 is 0 Å². The first-order chi connectivity index (χ1) is 19.1. The van der Waals surface area contributed by atoms with Crippen molar-refractivity contribution in [2.45, 2.75) is 118 Å². The summed E-state index contributed by atoms with van der Waals surface area (Å²) < 4.78 is 0. The van der Waals surface area contributed by atoms with Crippen LogP contribution in [0.3, 0.4) is 0 Å². The molecule has 6 nitrogen and oxygen atoms in total. The topological polar surface area (TPSA) is 87.4 Å². The SMILES string of the molecule is CC(C)(C)c1cc(CN(CCO)CCN(CCO)Cc2cc(C(C)(C)C)cc(C(C)(C)C)c2O)c(O)c(C(C)(C)C)c1. The van der Waals surface area contributed by atoms with Gasteiger partial charge in [0.05, 0.1) is 13.2 Å². The van der Waals surface area contributed by atoms with E-state index < -0.39 is 0 Å². The minimum atomic E-state index is -0.213.